The molecule has 1 atom stereocenters. The fourth-order valence-corrected chi connectivity index (χ4v) is 2.86. The lowest BCUT2D eigenvalue weighted by Gasteiger charge is -2.14. The zero-order valence-corrected chi connectivity index (χ0v) is 12.9. The highest BCUT2D eigenvalue weighted by molar-refractivity contribution is 9.09. The highest BCUT2D eigenvalue weighted by Crippen LogP contribution is 2.35. The van der Waals surface area contributed by atoms with Gasteiger partial charge >= 0.3 is 0 Å². The molecule has 0 aliphatic carbocycles. The van der Waals surface area contributed by atoms with E-state index in [1.54, 1.807) is 12.1 Å². The van der Waals surface area contributed by atoms with Crippen molar-refractivity contribution in [1.82, 2.24) is 0 Å². The lowest BCUT2D eigenvalue weighted by atomic mass is 10.0. The van der Waals surface area contributed by atoms with Crippen molar-refractivity contribution < 1.29 is 9.13 Å². The van der Waals surface area contributed by atoms with Gasteiger partial charge in [-0.1, -0.05) is 39.7 Å². The van der Waals surface area contributed by atoms with Gasteiger partial charge in [0.25, 0.3) is 0 Å². The first-order valence-corrected chi connectivity index (χ1v) is 7.05. The fraction of sp³-hybridized carbons (Fsp3) is 0.200. The summed E-state index contributed by atoms with van der Waals surface area (Å²) in [7, 11) is 1.51. The largest absolute Gasteiger partial charge is 0.497 e. The van der Waals surface area contributed by atoms with Crippen LogP contribution in [0.5, 0.6) is 5.75 Å². The third kappa shape index (κ3) is 3.28. The molecule has 0 aromatic heterocycles. The van der Waals surface area contributed by atoms with Crippen LogP contribution in [-0.2, 0) is 0 Å². The molecule has 0 aliphatic rings. The van der Waals surface area contributed by atoms with Crippen LogP contribution in [0.4, 0.5) is 4.39 Å². The number of benzene rings is 2. The molecule has 2 aromatic carbocycles. The summed E-state index contributed by atoms with van der Waals surface area (Å²) in [6.07, 6.45) is 0. The number of hydrogen-bond acceptors (Lipinski definition) is 1. The normalized spacial score (nSPS) is 12.3. The molecule has 19 heavy (non-hydrogen) atoms. The average Bonchev–Trinajstić information content (AvgIpc) is 2.36. The van der Waals surface area contributed by atoms with E-state index in [4.69, 9.17) is 16.3 Å². The monoisotopic (exact) mass is 342 g/mol. The molecule has 1 nitrogen and oxygen atoms in total. The molecule has 0 amide bonds. The minimum atomic E-state index is -0.307. The maximum atomic E-state index is 14.0. The maximum Gasteiger partial charge on any atom is 0.131 e. The van der Waals surface area contributed by atoms with Gasteiger partial charge in [-0.15, -0.1) is 0 Å². The number of aryl methyl sites for hydroxylation is 1. The molecule has 2 rings (SSSR count). The van der Waals surface area contributed by atoms with Gasteiger partial charge in [-0.05, 0) is 36.2 Å². The number of ether oxygens (including phenoxy) is 1. The van der Waals surface area contributed by atoms with Crippen molar-refractivity contribution in [2.45, 2.75) is 11.8 Å². The zero-order chi connectivity index (χ0) is 14.0. The summed E-state index contributed by atoms with van der Waals surface area (Å²) >= 11 is 9.55. The Hall–Kier alpha value is -1.06. The Labute approximate surface area is 125 Å². The van der Waals surface area contributed by atoms with E-state index in [0.717, 1.165) is 11.1 Å². The fourth-order valence-electron chi connectivity index (χ4n) is 1.93. The van der Waals surface area contributed by atoms with Crippen molar-refractivity contribution in [3.8, 4) is 5.75 Å². The number of rotatable bonds is 3. The van der Waals surface area contributed by atoms with Crippen molar-refractivity contribution in [3.05, 3.63) is 63.9 Å². The molecule has 4 heteroatoms. The van der Waals surface area contributed by atoms with Gasteiger partial charge in [0.05, 0.1) is 11.9 Å². The molecule has 2 aromatic rings. The Morgan fingerprint density at radius 2 is 1.95 bits per heavy atom. The summed E-state index contributed by atoms with van der Waals surface area (Å²) in [4.78, 5) is -0.240. The van der Waals surface area contributed by atoms with Crippen LogP contribution in [0.2, 0.25) is 5.02 Å². The SMILES string of the molecule is COc1ccc(C(Br)c2cc(C)cc(Cl)c2)c(F)c1. The van der Waals surface area contributed by atoms with Crippen molar-refractivity contribution in [2.75, 3.05) is 7.11 Å². The molecule has 0 saturated heterocycles. The minimum absolute atomic E-state index is 0.240. The van der Waals surface area contributed by atoms with Crippen LogP contribution >= 0.6 is 27.5 Å². The Morgan fingerprint density at radius 3 is 2.53 bits per heavy atom. The van der Waals surface area contributed by atoms with E-state index < -0.39 is 0 Å². The van der Waals surface area contributed by atoms with Crippen LogP contribution < -0.4 is 4.74 Å². The third-order valence-electron chi connectivity index (χ3n) is 2.84. The number of methoxy groups -OCH3 is 1. The number of alkyl halides is 1. The summed E-state index contributed by atoms with van der Waals surface area (Å²) < 4.78 is 19.0. The van der Waals surface area contributed by atoms with Gasteiger partial charge in [0, 0.05) is 16.7 Å². The number of halogens is 3. The summed E-state index contributed by atoms with van der Waals surface area (Å²) in [6, 6.07) is 10.5. The van der Waals surface area contributed by atoms with Gasteiger partial charge < -0.3 is 4.74 Å². The second-order valence-corrected chi connectivity index (χ2v) is 5.66. The van der Waals surface area contributed by atoms with Crippen molar-refractivity contribution in [2.24, 2.45) is 0 Å². The first kappa shape index (κ1) is 14.4. The van der Waals surface area contributed by atoms with Crippen LogP contribution in [0.1, 0.15) is 21.5 Å². The average molecular weight is 344 g/mol. The standard InChI is InChI=1S/C15H13BrClFO/c1-9-5-10(7-11(17)6-9)15(16)13-4-3-12(19-2)8-14(13)18/h3-8,15H,1-2H3. The second-order valence-electron chi connectivity index (χ2n) is 4.31. The van der Waals surface area contributed by atoms with Crippen molar-refractivity contribution >= 4 is 27.5 Å². The molecule has 0 radical (unpaired) electrons. The Bertz CT molecular complexity index is 580. The quantitative estimate of drug-likeness (QED) is 0.689. The van der Waals surface area contributed by atoms with Crippen LogP contribution in [0, 0.1) is 12.7 Å². The molecule has 1 unspecified atom stereocenters. The van der Waals surface area contributed by atoms with E-state index in [-0.39, 0.29) is 10.6 Å². The van der Waals surface area contributed by atoms with Gasteiger partial charge in [-0.3, -0.25) is 0 Å². The Morgan fingerprint density at radius 1 is 1.21 bits per heavy atom. The molecule has 0 N–H and O–H groups in total. The first-order chi connectivity index (χ1) is 9.01. The second kappa shape index (κ2) is 5.93. The Balaban J connectivity index is 2.40. The summed E-state index contributed by atoms with van der Waals surface area (Å²) in [5.41, 5.74) is 2.53. The van der Waals surface area contributed by atoms with Crippen LogP contribution in [0.25, 0.3) is 0 Å². The van der Waals surface area contributed by atoms with E-state index in [1.165, 1.54) is 13.2 Å². The van der Waals surface area contributed by atoms with Crippen molar-refractivity contribution in [1.29, 1.82) is 0 Å². The van der Waals surface area contributed by atoms with E-state index in [2.05, 4.69) is 15.9 Å². The lowest BCUT2D eigenvalue weighted by molar-refractivity contribution is 0.411. The third-order valence-corrected chi connectivity index (χ3v) is 4.08. The van der Waals surface area contributed by atoms with Crippen LogP contribution in [0.15, 0.2) is 36.4 Å². The zero-order valence-electron chi connectivity index (χ0n) is 10.6. The number of hydrogen-bond donors (Lipinski definition) is 0. The maximum absolute atomic E-state index is 14.0. The molecule has 0 spiro atoms. The molecule has 0 fully saturated rings. The summed E-state index contributed by atoms with van der Waals surface area (Å²) in [5.74, 6) is 0.196. The summed E-state index contributed by atoms with van der Waals surface area (Å²) in [6.45, 7) is 1.96. The molecule has 0 aliphatic heterocycles. The first-order valence-electron chi connectivity index (χ1n) is 5.76. The topological polar surface area (TPSA) is 9.23 Å². The summed E-state index contributed by atoms with van der Waals surface area (Å²) in [5, 5.41) is 0.647. The van der Waals surface area contributed by atoms with Gasteiger partial charge in [0.1, 0.15) is 11.6 Å². The van der Waals surface area contributed by atoms with E-state index in [1.807, 2.05) is 25.1 Å². The van der Waals surface area contributed by atoms with Crippen LogP contribution in [0.3, 0.4) is 0 Å². The molecule has 0 bridgehead atoms. The van der Waals surface area contributed by atoms with Gasteiger partial charge in [0.2, 0.25) is 0 Å². The predicted octanol–water partition coefficient (Wildman–Crippen LogP) is 5.28. The molecular formula is C15H13BrClFO. The van der Waals surface area contributed by atoms with E-state index in [9.17, 15) is 4.39 Å². The highest BCUT2D eigenvalue weighted by Gasteiger charge is 2.16. The van der Waals surface area contributed by atoms with Gasteiger partial charge in [0.15, 0.2) is 0 Å². The molecule has 0 heterocycles. The van der Waals surface area contributed by atoms with E-state index in [0.29, 0.717) is 16.3 Å². The predicted molar refractivity (Wildman–Crippen MR) is 79.9 cm³/mol. The lowest BCUT2D eigenvalue weighted by Crippen LogP contribution is -1.98. The van der Waals surface area contributed by atoms with Crippen molar-refractivity contribution in [3.63, 3.8) is 0 Å². The molecule has 0 saturated carbocycles. The Kier molecular flexibility index (Phi) is 4.48. The van der Waals surface area contributed by atoms with E-state index >= 15 is 0 Å². The highest BCUT2D eigenvalue weighted by atomic mass is 79.9. The molecular weight excluding hydrogens is 331 g/mol. The van der Waals surface area contributed by atoms with Gasteiger partial charge in [-0.2, -0.15) is 0 Å². The van der Waals surface area contributed by atoms with Crippen LogP contribution in [-0.4, -0.2) is 7.11 Å². The smallest absolute Gasteiger partial charge is 0.131 e. The molecule has 100 valence electrons. The minimum Gasteiger partial charge on any atom is -0.497 e. The van der Waals surface area contributed by atoms with Gasteiger partial charge in [-0.25, -0.2) is 4.39 Å².